The number of hydrogen-bond donors (Lipinski definition) is 0. The number of carbonyl (C=O) groups excluding carboxylic acids is 2. The van der Waals surface area contributed by atoms with Crippen molar-refractivity contribution >= 4 is 28.7 Å². The number of rotatable bonds is 6. The molecule has 1 saturated carbocycles. The van der Waals surface area contributed by atoms with E-state index in [2.05, 4.69) is 11.9 Å². The Labute approximate surface area is 163 Å². The Morgan fingerprint density at radius 2 is 2.19 bits per heavy atom. The molecule has 0 spiro atoms. The monoisotopic (exact) mass is 393 g/mol. The summed E-state index contributed by atoms with van der Waals surface area (Å²) >= 11 is 1.47. The van der Waals surface area contributed by atoms with Crippen LogP contribution in [0.1, 0.15) is 50.7 Å². The van der Waals surface area contributed by atoms with Gasteiger partial charge in [0.2, 0.25) is 0 Å². The van der Waals surface area contributed by atoms with Crippen LogP contribution in [-0.4, -0.2) is 41.7 Å². The van der Waals surface area contributed by atoms with Gasteiger partial charge < -0.3 is 14.2 Å². The third kappa shape index (κ3) is 4.58. The first-order chi connectivity index (χ1) is 12.9. The first kappa shape index (κ1) is 20.0. The Morgan fingerprint density at radius 1 is 1.41 bits per heavy atom. The zero-order valence-corrected chi connectivity index (χ0v) is 17.1. The van der Waals surface area contributed by atoms with Gasteiger partial charge in [0.05, 0.1) is 30.0 Å². The molecule has 27 heavy (non-hydrogen) atoms. The molecular weight excluding hydrogens is 366 g/mol. The fraction of sp³-hybridized carbons (Fsp3) is 0.650. The van der Waals surface area contributed by atoms with Crippen LogP contribution in [0.5, 0.6) is 0 Å². The smallest absolute Gasteiger partial charge is 0.332 e. The largest absolute Gasteiger partial charge is 0.496 e. The topological polar surface area (TPSA) is 74.7 Å². The Balaban J connectivity index is 1.67. The van der Waals surface area contributed by atoms with E-state index < -0.39 is 0 Å². The highest BCUT2D eigenvalue weighted by atomic mass is 32.1. The second-order valence-electron chi connectivity index (χ2n) is 7.50. The van der Waals surface area contributed by atoms with E-state index in [1.54, 1.807) is 6.26 Å². The maximum atomic E-state index is 13.0. The van der Waals surface area contributed by atoms with E-state index in [-0.39, 0.29) is 48.5 Å². The SMILES string of the molecule is CCC1CC2C(=O)C(c3nc(C)cs3)=COC2CC1OCC(=O)OC(C)C. The summed E-state index contributed by atoms with van der Waals surface area (Å²) in [6, 6.07) is 0. The average Bonchev–Trinajstić information content (AvgIpc) is 3.05. The van der Waals surface area contributed by atoms with Crippen LogP contribution in [0.2, 0.25) is 0 Å². The van der Waals surface area contributed by atoms with Gasteiger partial charge in [0.15, 0.2) is 5.78 Å². The zero-order valence-electron chi connectivity index (χ0n) is 16.3. The van der Waals surface area contributed by atoms with E-state index in [9.17, 15) is 9.59 Å². The van der Waals surface area contributed by atoms with Crippen molar-refractivity contribution in [2.24, 2.45) is 11.8 Å². The molecule has 4 unspecified atom stereocenters. The van der Waals surface area contributed by atoms with Crippen molar-refractivity contribution in [1.82, 2.24) is 4.98 Å². The van der Waals surface area contributed by atoms with Crippen molar-refractivity contribution in [1.29, 1.82) is 0 Å². The lowest BCUT2D eigenvalue weighted by Crippen LogP contribution is -2.46. The highest BCUT2D eigenvalue weighted by Gasteiger charge is 2.45. The quantitative estimate of drug-likeness (QED) is 0.688. The molecule has 148 valence electrons. The Bertz CT molecular complexity index is 726. The molecule has 0 aromatic carbocycles. The molecular formula is C20H27NO5S. The molecule has 7 heteroatoms. The maximum Gasteiger partial charge on any atom is 0.332 e. The molecule has 0 saturated heterocycles. The lowest BCUT2D eigenvalue weighted by molar-refractivity contribution is -0.160. The number of carbonyl (C=O) groups is 2. The molecule has 0 bridgehead atoms. The number of Topliss-reactive ketones (excluding diaryl/α,β-unsaturated/α-hetero) is 1. The van der Waals surface area contributed by atoms with E-state index >= 15 is 0 Å². The van der Waals surface area contributed by atoms with E-state index in [1.807, 2.05) is 26.2 Å². The van der Waals surface area contributed by atoms with Gasteiger partial charge in [-0.2, -0.15) is 0 Å². The van der Waals surface area contributed by atoms with E-state index in [1.165, 1.54) is 11.3 Å². The first-order valence-electron chi connectivity index (χ1n) is 9.52. The van der Waals surface area contributed by atoms with Gasteiger partial charge in [-0.25, -0.2) is 9.78 Å². The predicted octanol–water partition coefficient (Wildman–Crippen LogP) is 3.53. The number of aromatic nitrogens is 1. The van der Waals surface area contributed by atoms with Gasteiger partial charge in [-0.15, -0.1) is 11.3 Å². The van der Waals surface area contributed by atoms with Gasteiger partial charge >= 0.3 is 5.97 Å². The molecule has 1 aromatic heterocycles. The number of aryl methyl sites for hydroxylation is 1. The molecule has 1 aliphatic heterocycles. The van der Waals surface area contributed by atoms with E-state index in [0.29, 0.717) is 18.4 Å². The van der Waals surface area contributed by atoms with Crippen LogP contribution >= 0.6 is 11.3 Å². The highest BCUT2D eigenvalue weighted by Crippen LogP contribution is 2.41. The average molecular weight is 394 g/mol. The van der Waals surface area contributed by atoms with Crippen molar-refractivity contribution in [3.8, 4) is 0 Å². The molecule has 1 fully saturated rings. The highest BCUT2D eigenvalue weighted by molar-refractivity contribution is 7.11. The van der Waals surface area contributed by atoms with E-state index in [4.69, 9.17) is 14.2 Å². The molecule has 3 rings (SSSR count). The van der Waals surface area contributed by atoms with Gasteiger partial charge in [0, 0.05) is 17.5 Å². The van der Waals surface area contributed by atoms with Gasteiger partial charge in [-0.1, -0.05) is 13.3 Å². The molecule has 0 radical (unpaired) electrons. The molecule has 2 heterocycles. The minimum Gasteiger partial charge on any atom is -0.496 e. The summed E-state index contributed by atoms with van der Waals surface area (Å²) in [5, 5.41) is 2.66. The van der Waals surface area contributed by atoms with Crippen LogP contribution < -0.4 is 0 Å². The number of esters is 1. The first-order valence-corrected chi connectivity index (χ1v) is 10.4. The molecule has 4 atom stereocenters. The van der Waals surface area contributed by atoms with Crippen molar-refractivity contribution < 1.29 is 23.8 Å². The summed E-state index contributed by atoms with van der Waals surface area (Å²) in [6.07, 6.45) is 3.26. The van der Waals surface area contributed by atoms with Crippen LogP contribution in [0.4, 0.5) is 0 Å². The minimum absolute atomic E-state index is 0.0653. The summed E-state index contributed by atoms with van der Waals surface area (Å²) in [5.74, 6) is -0.217. The Kier molecular flexibility index (Phi) is 6.32. The van der Waals surface area contributed by atoms with Gasteiger partial charge in [0.1, 0.15) is 17.7 Å². The van der Waals surface area contributed by atoms with Crippen LogP contribution in [-0.2, 0) is 23.8 Å². The second kappa shape index (κ2) is 8.52. The van der Waals surface area contributed by atoms with Crippen LogP contribution in [0.25, 0.3) is 5.57 Å². The Morgan fingerprint density at radius 3 is 2.81 bits per heavy atom. The fourth-order valence-electron chi connectivity index (χ4n) is 3.79. The number of fused-ring (bicyclic) bond motifs is 1. The van der Waals surface area contributed by atoms with Gasteiger partial charge in [-0.05, 0) is 33.1 Å². The summed E-state index contributed by atoms with van der Waals surface area (Å²) in [5.41, 5.74) is 1.48. The summed E-state index contributed by atoms with van der Waals surface area (Å²) < 4.78 is 16.9. The molecule has 1 aliphatic carbocycles. The van der Waals surface area contributed by atoms with E-state index in [0.717, 1.165) is 17.1 Å². The van der Waals surface area contributed by atoms with Crippen molar-refractivity contribution in [3.63, 3.8) is 0 Å². The van der Waals surface area contributed by atoms with Crippen LogP contribution in [0.15, 0.2) is 11.6 Å². The van der Waals surface area contributed by atoms with Crippen LogP contribution in [0, 0.1) is 18.8 Å². The molecule has 6 nitrogen and oxygen atoms in total. The second-order valence-corrected chi connectivity index (χ2v) is 8.36. The van der Waals surface area contributed by atoms with Crippen molar-refractivity contribution in [2.75, 3.05) is 6.61 Å². The summed E-state index contributed by atoms with van der Waals surface area (Å²) in [6.45, 7) is 7.56. The molecule has 0 amide bonds. The number of ketones is 1. The van der Waals surface area contributed by atoms with Crippen LogP contribution in [0.3, 0.4) is 0 Å². The number of allylic oxidation sites excluding steroid dienone is 1. The molecule has 2 aliphatic rings. The number of ether oxygens (including phenoxy) is 3. The zero-order chi connectivity index (χ0) is 19.6. The predicted molar refractivity (Wildman–Crippen MR) is 102 cm³/mol. The number of nitrogens with zero attached hydrogens (tertiary/aromatic N) is 1. The van der Waals surface area contributed by atoms with Crippen molar-refractivity contribution in [3.05, 3.63) is 22.3 Å². The maximum absolute atomic E-state index is 13.0. The van der Waals surface area contributed by atoms with Crippen molar-refractivity contribution in [2.45, 2.75) is 65.3 Å². The third-order valence-electron chi connectivity index (χ3n) is 5.11. The number of thiazole rings is 1. The molecule has 1 aromatic rings. The van der Waals surface area contributed by atoms with Gasteiger partial charge in [-0.3, -0.25) is 4.79 Å². The minimum atomic E-state index is -0.357. The standard InChI is InChI=1S/C20H27NO5S/c1-5-13-6-14-17(7-16(13)25-9-18(22)26-11(2)3)24-8-15(19(14)23)20-21-12(4)10-27-20/h8,10-11,13-14,16-17H,5-7,9H2,1-4H3. The summed E-state index contributed by atoms with van der Waals surface area (Å²) in [7, 11) is 0. The van der Waals surface area contributed by atoms with Gasteiger partial charge in [0.25, 0.3) is 0 Å². The lowest BCUT2D eigenvalue weighted by atomic mass is 9.72. The number of hydrogen-bond acceptors (Lipinski definition) is 7. The lowest BCUT2D eigenvalue weighted by Gasteiger charge is -2.41. The Hall–Kier alpha value is -1.73. The summed E-state index contributed by atoms with van der Waals surface area (Å²) in [4.78, 5) is 29.2. The third-order valence-corrected chi connectivity index (χ3v) is 6.11. The fourth-order valence-corrected chi connectivity index (χ4v) is 4.60. The molecule has 0 N–H and O–H groups in total. The normalized spacial score (nSPS) is 27.7.